The van der Waals surface area contributed by atoms with Crippen molar-refractivity contribution >= 4 is 11.9 Å². The van der Waals surface area contributed by atoms with Crippen LogP contribution in [0, 0.1) is 11.8 Å². The van der Waals surface area contributed by atoms with Gasteiger partial charge in [-0.25, -0.2) is 4.79 Å². The van der Waals surface area contributed by atoms with Crippen LogP contribution in [0.2, 0.25) is 0 Å². The summed E-state index contributed by atoms with van der Waals surface area (Å²) < 4.78 is 0. The van der Waals surface area contributed by atoms with E-state index < -0.39 is 18.0 Å². The van der Waals surface area contributed by atoms with Crippen LogP contribution in [0.3, 0.4) is 0 Å². The van der Waals surface area contributed by atoms with Gasteiger partial charge in [0.15, 0.2) is 0 Å². The molecule has 7 nitrogen and oxygen atoms in total. The van der Waals surface area contributed by atoms with Gasteiger partial charge in [0.25, 0.3) is 0 Å². The van der Waals surface area contributed by atoms with E-state index in [4.69, 9.17) is 5.73 Å². The van der Waals surface area contributed by atoms with Gasteiger partial charge >= 0.3 is 5.97 Å². The fourth-order valence-electron chi connectivity index (χ4n) is 4.04. The largest absolute Gasteiger partial charge is 0.477 e. The van der Waals surface area contributed by atoms with Crippen molar-refractivity contribution in [2.75, 3.05) is 26.2 Å². The van der Waals surface area contributed by atoms with E-state index in [1.165, 1.54) is 4.90 Å². The third kappa shape index (κ3) is 1.99. The standard InChI is InChI=1S/C14H21N3O4/c1-7(18)10-11-8-2-4-16(5-3-15)6-9(8)12(14(20)21)17(11)13(10)19/h7-8,10-11,18H,2-6,15H2,1H3,(H,20,21). The van der Waals surface area contributed by atoms with Crippen molar-refractivity contribution in [3.05, 3.63) is 11.3 Å². The van der Waals surface area contributed by atoms with Crippen LogP contribution in [0.1, 0.15) is 13.3 Å². The maximum atomic E-state index is 12.2. The molecule has 116 valence electrons. The highest BCUT2D eigenvalue weighted by Crippen LogP contribution is 2.49. The molecule has 1 amide bonds. The Morgan fingerprint density at radius 2 is 2.24 bits per heavy atom. The first-order valence-electron chi connectivity index (χ1n) is 7.37. The summed E-state index contributed by atoms with van der Waals surface area (Å²) in [5, 5.41) is 19.3. The van der Waals surface area contributed by atoms with E-state index in [1.54, 1.807) is 6.92 Å². The predicted molar refractivity (Wildman–Crippen MR) is 74.1 cm³/mol. The molecule has 0 aromatic carbocycles. The summed E-state index contributed by atoms with van der Waals surface area (Å²) in [6.07, 6.45) is 0.0688. The number of hydrogen-bond acceptors (Lipinski definition) is 5. The molecule has 0 aromatic heterocycles. The number of carbonyl (C=O) groups is 2. The molecular weight excluding hydrogens is 274 g/mol. The zero-order valence-corrected chi connectivity index (χ0v) is 12.0. The van der Waals surface area contributed by atoms with Crippen LogP contribution in [-0.2, 0) is 9.59 Å². The van der Waals surface area contributed by atoms with Gasteiger partial charge in [-0.2, -0.15) is 0 Å². The van der Waals surface area contributed by atoms with E-state index in [1.807, 2.05) is 0 Å². The first-order valence-corrected chi connectivity index (χ1v) is 7.37. The van der Waals surface area contributed by atoms with E-state index in [2.05, 4.69) is 4.90 Å². The van der Waals surface area contributed by atoms with Crippen LogP contribution >= 0.6 is 0 Å². The highest BCUT2D eigenvalue weighted by atomic mass is 16.4. The van der Waals surface area contributed by atoms with Gasteiger partial charge in [-0.3, -0.25) is 9.69 Å². The van der Waals surface area contributed by atoms with Crippen molar-refractivity contribution in [1.29, 1.82) is 0 Å². The molecule has 3 aliphatic rings. The van der Waals surface area contributed by atoms with Crippen molar-refractivity contribution in [2.24, 2.45) is 17.6 Å². The Hall–Kier alpha value is -1.44. The van der Waals surface area contributed by atoms with E-state index in [0.29, 0.717) is 13.1 Å². The summed E-state index contributed by atoms with van der Waals surface area (Å²) in [5.74, 6) is -1.73. The molecule has 3 rings (SSSR count). The smallest absolute Gasteiger partial charge is 0.352 e. The maximum absolute atomic E-state index is 12.2. The Labute approximate surface area is 123 Å². The maximum Gasteiger partial charge on any atom is 0.352 e. The summed E-state index contributed by atoms with van der Waals surface area (Å²) in [4.78, 5) is 27.3. The highest BCUT2D eigenvalue weighted by molar-refractivity contribution is 6.00. The molecule has 4 N–H and O–H groups in total. The third-order valence-corrected chi connectivity index (χ3v) is 4.91. The van der Waals surface area contributed by atoms with Crippen molar-refractivity contribution < 1.29 is 19.8 Å². The number of rotatable bonds is 4. The lowest BCUT2D eigenvalue weighted by atomic mass is 9.74. The number of nitrogens with zero attached hydrogens (tertiary/aromatic N) is 2. The topological polar surface area (TPSA) is 107 Å². The molecular formula is C14H21N3O4. The molecule has 21 heavy (non-hydrogen) atoms. The van der Waals surface area contributed by atoms with Gasteiger partial charge in [0.05, 0.1) is 18.1 Å². The number of aliphatic carboxylic acids is 1. The molecule has 7 heteroatoms. The Kier molecular flexibility index (Phi) is 3.51. The van der Waals surface area contributed by atoms with Crippen LogP contribution in [0.15, 0.2) is 11.3 Å². The van der Waals surface area contributed by atoms with Gasteiger partial charge in [0.2, 0.25) is 5.91 Å². The molecule has 0 aromatic rings. The van der Waals surface area contributed by atoms with Crippen LogP contribution in [0.25, 0.3) is 0 Å². The number of nitrogens with two attached hydrogens (primary N) is 1. The van der Waals surface area contributed by atoms with Crippen molar-refractivity contribution in [1.82, 2.24) is 9.80 Å². The molecule has 0 spiro atoms. The quantitative estimate of drug-likeness (QED) is 0.564. The normalized spacial score (nSPS) is 33.6. The van der Waals surface area contributed by atoms with E-state index >= 15 is 0 Å². The molecule has 3 heterocycles. The minimum atomic E-state index is -1.05. The monoisotopic (exact) mass is 295 g/mol. The first-order chi connectivity index (χ1) is 9.97. The minimum absolute atomic E-state index is 0.0578. The van der Waals surface area contributed by atoms with Crippen molar-refractivity contribution in [2.45, 2.75) is 25.5 Å². The second-order valence-corrected chi connectivity index (χ2v) is 6.10. The van der Waals surface area contributed by atoms with Gasteiger partial charge in [0.1, 0.15) is 5.70 Å². The molecule has 0 radical (unpaired) electrons. The number of carbonyl (C=O) groups excluding carboxylic acids is 1. The fourth-order valence-corrected chi connectivity index (χ4v) is 4.04. The van der Waals surface area contributed by atoms with Gasteiger partial charge < -0.3 is 20.8 Å². The van der Waals surface area contributed by atoms with Crippen LogP contribution in [-0.4, -0.2) is 70.2 Å². The van der Waals surface area contributed by atoms with E-state index in [9.17, 15) is 19.8 Å². The second-order valence-electron chi connectivity index (χ2n) is 6.10. The number of aliphatic hydroxyl groups excluding tert-OH is 1. The second kappa shape index (κ2) is 5.08. The number of piperidine rings is 1. The number of carboxylic acids is 1. The molecule has 4 unspecified atom stereocenters. The zero-order chi connectivity index (χ0) is 15.3. The van der Waals surface area contributed by atoms with Gasteiger partial charge in [-0.15, -0.1) is 0 Å². The molecule has 3 aliphatic heterocycles. The molecule has 4 atom stereocenters. The number of likely N-dealkylation sites (tertiary alicyclic amines) is 1. The molecule has 2 fully saturated rings. The summed E-state index contributed by atoms with van der Waals surface area (Å²) in [6.45, 7) is 4.26. The number of amides is 1. The van der Waals surface area contributed by atoms with Crippen molar-refractivity contribution in [3.63, 3.8) is 0 Å². The van der Waals surface area contributed by atoms with Crippen molar-refractivity contribution in [3.8, 4) is 0 Å². The molecule has 2 saturated heterocycles. The number of hydrogen-bond donors (Lipinski definition) is 3. The lowest BCUT2D eigenvalue weighted by Gasteiger charge is -2.47. The Bertz CT molecular complexity index is 516. The van der Waals surface area contributed by atoms with Crippen LogP contribution < -0.4 is 5.73 Å². The van der Waals surface area contributed by atoms with Gasteiger partial charge in [-0.05, 0) is 25.5 Å². The average molecular weight is 295 g/mol. The SMILES string of the molecule is CC(O)C1C(=O)N2C(C(=O)O)=C3CN(CCN)CCC3C12. The van der Waals surface area contributed by atoms with E-state index in [-0.39, 0.29) is 23.6 Å². The van der Waals surface area contributed by atoms with Crippen LogP contribution in [0.5, 0.6) is 0 Å². The van der Waals surface area contributed by atoms with E-state index in [0.717, 1.165) is 25.1 Å². The first kappa shape index (κ1) is 14.5. The Morgan fingerprint density at radius 1 is 1.52 bits per heavy atom. The number of β-lactam (4-membered cyclic amide) rings is 1. The third-order valence-electron chi connectivity index (χ3n) is 4.91. The summed E-state index contributed by atoms with van der Waals surface area (Å²) in [5.41, 5.74) is 6.53. The number of carboxylic acid groups (broad SMARTS) is 1. The molecule has 0 saturated carbocycles. The van der Waals surface area contributed by atoms with Gasteiger partial charge in [0, 0.05) is 25.6 Å². The Balaban J connectivity index is 1.92. The average Bonchev–Trinajstić information content (AvgIpc) is 2.69. The Morgan fingerprint density at radius 3 is 2.81 bits per heavy atom. The fraction of sp³-hybridized carbons (Fsp3) is 0.714. The van der Waals surface area contributed by atoms with Crippen LogP contribution in [0.4, 0.5) is 0 Å². The summed E-state index contributed by atoms with van der Waals surface area (Å²) in [6, 6.07) is -0.182. The lowest BCUT2D eigenvalue weighted by molar-refractivity contribution is -0.163. The molecule has 0 aliphatic carbocycles. The predicted octanol–water partition coefficient (Wildman–Crippen LogP) is -1.17. The minimum Gasteiger partial charge on any atom is -0.477 e. The lowest BCUT2D eigenvalue weighted by Crippen LogP contribution is -2.64. The van der Waals surface area contributed by atoms with Gasteiger partial charge in [-0.1, -0.05) is 0 Å². The number of aliphatic hydroxyl groups is 1. The number of fused-ring (bicyclic) bond motifs is 3. The molecule has 0 bridgehead atoms. The summed E-state index contributed by atoms with van der Waals surface area (Å²) >= 11 is 0. The highest BCUT2D eigenvalue weighted by Gasteiger charge is 2.61. The summed E-state index contributed by atoms with van der Waals surface area (Å²) in [7, 11) is 0. The zero-order valence-electron chi connectivity index (χ0n) is 12.0.